The molecule has 0 aromatic heterocycles. The van der Waals surface area contributed by atoms with Gasteiger partial charge in [-0.25, -0.2) is 0 Å². The van der Waals surface area contributed by atoms with Gasteiger partial charge in [-0.15, -0.1) is 0 Å². The van der Waals surface area contributed by atoms with Crippen LogP contribution in [0.4, 0.5) is 22.7 Å². The number of benzene rings is 2. The van der Waals surface area contributed by atoms with Gasteiger partial charge in [-0.3, -0.25) is 0 Å². The molecule has 0 radical (unpaired) electrons. The summed E-state index contributed by atoms with van der Waals surface area (Å²) >= 11 is 0. The van der Waals surface area contributed by atoms with E-state index >= 15 is 0 Å². The first-order valence-electron chi connectivity index (χ1n) is 7.29. The first-order valence-corrected chi connectivity index (χ1v) is 7.29. The molecule has 3 nitrogen and oxygen atoms in total. The summed E-state index contributed by atoms with van der Waals surface area (Å²) in [6.45, 7) is 2.37. The lowest BCUT2D eigenvalue weighted by atomic mass is 10.1. The van der Waals surface area contributed by atoms with Crippen LogP contribution in [0.25, 0.3) is 0 Å². The van der Waals surface area contributed by atoms with Gasteiger partial charge >= 0.3 is 0 Å². The monoisotopic (exact) mass is 267 g/mol. The summed E-state index contributed by atoms with van der Waals surface area (Å²) in [4.78, 5) is 2.47. The second-order valence-corrected chi connectivity index (χ2v) is 5.34. The van der Waals surface area contributed by atoms with Crippen molar-refractivity contribution in [3.63, 3.8) is 0 Å². The number of piperidine rings is 1. The molecule has 104 valence electrons. The lowest BCUT2D eigenvalue weighted by molar-refractivity contribution is 0.578. The van der Waals surface area contributed by atoms with Gasteiger partial charge in [0.05, 0.1) is 0 Å². The minimum atomic E-state index is 0.788. The zero-order chi connectivity index (χ0) is 13.8. The molecule has 0 spiro atoms. The van der Waals surface area contributed by atoms with Crippen molar-refractivity contribution in [3.8, 4) is 0 Å². The van der Waals surface area contributed by atoms with E-state index in [4.69, 9.17) is 5.73 Å². The van der Waals surface area contributed by atoms with Crippen LogP contribution < -0.4 is 16.0 Å². The van der Waals surface area contributed by atoms with Crippen LogP contribution in [0.15, 0.2) is 48.5 Å². The summed E-state index contributed by atoms with van der Waals surface area (Å²) in [5.41, 5.74) is 9.97. The maximum absolute atomic E-state index is 5.69. The van der Waals surface area contributed by atoms with Crippen molar-refractivity contribution in [1.82, 2.24) is 0 Å². The first-order chi connectivity index (χ1) is 9.81. The Hall–Kier alpha value is -2.16. The molecule has 2 aromatic carbocycles. The summed E-state index contributed by atoms with van der Waals surface area (Å²) < 4.78 is 0. The van der Waals surface area contributed by atoms with Gasteiger partial charge in [0.1, 0.15) is 0 Å². The second-order valence-electron chi connectivity index (χ2n) is 5.34. The number of hydrogen-bond donors (Lipinski definition) is 2. The van der Waals surface area contributed by atoms with Crippen molar-refractivity contribution in [2.24, 2.45) is 0 Å². The molecule has 0 unspecified atom stereocenters. The van der Waals surface area contributed by atoms with E-state index < -0.39 is 0 Å². The van der Waals surface area contributed by atoms with Gasteiger partial charge in [0.25, 0.3) is 0 Å². The largest absolute Gasteiger partial charge is 0.399 e. The molecule has 1 fully saturated rings. The standard InChI is InChI=1S/C17H21N3/c18-14-4-6-15(7-5-14)19-16-8-10-17(11-9-16)20-12-2-1-3-13-20/h4-11,19H,1-3,12-13,18H2. The highest BCUT2D eigenvalue weighted by molar-refractivity contribution is 5.64. The molecule has 0 atom stereocenters. The Labute approximate surface area is 120 Å². The van der Waals surface area contributed by atoms with Gasteiger partial charge < -0.3 is 16.0 Å². The maximum Gasteiger partial charge on any atom is 0.0385 e. The van der Waals surface area contributed by atoms with Crippen LogP contribution >= 0.6 is 0 Å². The molecule has 1 heterocycles. The van der Waals surface area contributed by atoms with E-state index in [1.807, 2.05) is 24.3 Å². The predicted molar refractivity (Wildman–Crippen MR) is 86.6 cm³/mol. The van der Waals surface area contributed by atoms with E-state index in [-0.39, 0.29) is 0 Å². The number of nitrogens with two attached hydrogens (primary N) is 1. The fraction of sp³-hybridized carbons (Fsp3) is 0.294. The smallest absolute Gasteiger partial charge is 0.0385 e. The van der Waals surface area contributed by atoms with Crippen LogP contribution in [0, 0.1) is 0 Å². The zero-order valence-electron chi connectivity index (χ0n) is 11.7. The number of hydrogen-bond acceptors (Lipinski definition) is 3. The van der Waals surface area contributed by atoms with Gasteiger partial charge in [-0.1, -0.05) is 0 Å². The highest BCUT2D eigenvalue weighted by atomic mass is 15.1. The summed E-state index contributed by atoms with van der Waals surface area (Å²) in [7, 11) is 0. The molecular weight excluding hydrogens is 246 g/mol. The van der Waals surface area contributed by atoms with Crippen LogP contribution in [-0.2, 0) is 0 Å². The third-order valence-electron chi connectivity index (χ3n) is 3.79. The maximum atomic E-state index is 5.69. The molecule has 2 aromatic rings. The Morgan fingerprint density at radius 1 is 0.750 bits per heavy atom. The molecule has 1 saturated heterocycles. The predicted octanol–water partition coefficient (Wildman–Crippen LogP) is 4.00. The Bertz CT molecular complexity index is 539. The average Bonchev–Trinajstić information content (AvgIpc) is 2.51. The van der Waals surface area contributed by atoms with Crippen LogP contribution in [0.1, 0.15) is 19.3 Å². The van der Waals surface area contributed by atoms with E-state index in [2.05, 4.69) is 34.5 Å². The van der Waals surface area contributed by atoms with Crippen LogP contribution in [0.2, 0.25) is 0 Å². The van der Waals surface area contributed by atoms with E-state index in [9.17, 15) is 0 Å². The molecule has 0 saturated carbocycles. The van der Waals surface area contributed by atoms with E-state index in [1.54, 1.807) is 0 Å². The quantitative estimate of drug-likeness (QED) is 0.826. The number of nitrogen functional groups attached to an aromatic ring is 1. The van der Waals surface area contributed by atoms with Crippen molar-refractivity contribution in [2.75, 3.05) is 29.0 Å². The highest BCUT2D eigenvalue weighted by Crippen LogP contribution is 2.24. The molecule has 20 heavy (non-hydrogen) atoms. The third kappa shape index (κ3) is 3.05. The Morgan fingerprint density at radius 2 is 1.30 bits per heavy atom. The number of nitrogens with zero attached hydrogens (tertiary/aromatic N) is 1. The van der Waals surface area contributed by atoms with Gasteiger partial charge in [-0.2, -0.15) is 0 Å². The summed E-state index contributed by atoms with van der Waals surface area (Å²) in [6, 6.07) is 16.5. The molecular formula is C17H21N3. The molecule has 0 amide bonds. The van der Waals surface area contributed by atoms with Crippen molar-refractivity contribution in [2.45, 2.75) is 19.3 Å². The lowest BCUT2D eigenvalue weighted by Gasteiger charge is -2.28. The first kappa shape index (κ1) is 12.9. The fourth-order valence-corrected chi connectivity index (χ4v) is 2.64. The minimum absolute atomic E-state index is 0.788. The van der Waals surface area contributed by atoms with Gasteiger partial charge in [0.2, 0.25) is 0 Å². The average molecular weight is 267 g/mol. The third-order valence-corrected chi connectivity index (χ3v) is 3.79. The SMILES string of the molecule is Nc1ccc(Nc2ccc(N3CCCCC3)cc2)cc1. The molecule has 0 aliphatic carbocycles. The molecule has 1 aliphatic heterocycles. The number of rotatable bonds is 3. The molecule has 3 N–H and O–H groups in total. The van der Waals surface area contributed by atoms with Crippen LogP contribution in [0.5, 0.6) is 0 Å². The molecule has 3 rings (SSSR count). The Morgan fingerprint density at radius 3 is 1.90 bits per heavy atom. The number of nitrogens with one attached hydrogen (secondary N) is 1. The van der Waals surface area contributed by atoms with Gasteiger partial charge in [0.15, 0.2) is 0 Å². The molecule has 0 bridgehead atoms. The van der Waals surface area contributed by atoms with E-state index in [0.717, 1.165) is 17.1 Å². The summed E-state index contributed by atoms with van der Waals surface area (Å²) in [5, 5.41) is 3.39. The van der Waals surface area contributed by atoms with Crippen molar-refractivity contribution < 1.29 is 0 Å². The lowest BCUT2D eigenvalue weighted by Crippen LogP contribution is -2.29. The van der Waals surface area contributed by atoms with Gasteiger partial charge in [-0.05, 0) is 67.8 Å². The summed E-state index contributed by atoms with van der Waals surface area (Å²) in [5.74, 6) is 0. The fourth-order valence-electron chi connectivity index (χ4n) is 2.64. The van der Waals surface area contributed by atoms with Crippen molar-refractivity contribution in [1.29, 1.82) is 0 Å². The summed E-state index contributed by atoms with van der Waals surface area (Å²) in [6.07, 6.45) is 3.99. The van der Waals surface area contributed by atoms with Gasteiger partial charge in [0, 0.05) is 35.8 Å². The minimum Gasteiger partial charge on any atom is -0.399 e. The zero-order valence-corrected chi connectivity index (χ0v) is 11.7. The number of anilines is 4. The Balaban J connectivity index is 1.67. The molecule has 1 aliphatic rings. The van der Waals surface area contributed by atoms with Crippen molar-refractivity contribution >= 4 is 22.7 Å². The van der Waals surface area contributed by atoms with E-state index in [1.165, 1.54) is 38.0 Å². The molecule has 3 heteroatoms. The second kappa shape index (κ2) is 5.87. The highest BCUT2D eigenvalue weighted by Gasteiger charge is 2.10. The van der Waals surface area contributed by atoms with Crippen LogP contribution in [-0.4, -0.2) is 13.1 Å². The van der Waals surface area contributed by atoms with Crippen molar-refractivity contribution in [3.05, 3.63) is 48.5 Å². The normalized spacial score (nSPS) is 15.1. The van der Waals surface area contributed by atoms with E-state index in [0.29, 0.717) is 0 Å². The topological polar surface area (TPSA) is 41.3 Å². The Kier molecular flexibility index (Phi) is 3.77. The van der Waals surface area contributed by atoms with Crippen LogP contribution in [0.3, 0.4) is 0 Å².